The highest BCUT2D eigenvalue weighted by atomic mass is 32.2. The maximum atomic E-state index is 12.5. The molecule has 0 saturated carbocycles. The van der Waals surface area contributed by atoms with Crippen LogP contribution in [0.2, 0.25) is 0 Å². The van der Waals surface area contributed by atoms with E-state index in [4.69, 9.17) is 4.74 Å². The molecule has 0 saturated heterocycles. The molecule has 3 heterocycles. The Bertz CT molecular complexity index is 648. The molecule has 2 aliphatic rings. The normalized spacial score (nSPS) is 21.6. The Labute approximate surface area is 132 Å². The van der Waals surface area contributed by atoms with E-state index in [1.54, 1.807) is 6.08 Å². The Hall–Kier alpha value is -1.92. The van der Waals surface area contributed by atoms with Crippen LogP contribution in [-0.4, -0.2) is 39.8 Å². The Morgan fingerprint density at radius 2 is 2.50 bits per heavy atom. The van der Waals surface area contributed by atoms with Gasteiger partial charge >= 0.3 is 5.97 Å². The minimum Gasteiger partial charge on any atom is -0.611 e. The van der Waals surface area contributed by atoms with Gasteiger partial charge in [0, 0.05) is 24.5 Å². The van der Waals surface area contributed by atoms with Crippen LogP contribution in [-0.2, 0) is 20.7 Å². The molecule has 1 aromatic rings. The van der Waals surface area contributed by atoms with Crippen LogP contribution >= 0.6 is 0 Å². The predicted molar refractivity (Wildman–Crippen MR) is 85.2 cm³/mol. The van der Waals surface area contributed by atoms with Gasteiger partial charge in [-0.15, -0.1) is 0 Å². The second-order valence-electron chi connectivity index (χ2n) is 5.17. The van der Waals surface area contributed by atoms with Crippen LogP contribution in [0.4, 0.5) is 0 Å². The first-order valence-corrected chi connectivity index (χ1v) is 8.41. The van der Waals surface area contributed by atoms with Crippen LogP contribution in [0.1, 0.15) is 18.2 Å². The van der Waals surface area contributed by atoms with Crippen molar-refractivity contribution in [1.82, 2.24) is 9.88 Å². The number of allylic oxidation sites excluding steroid dienone is 1. The van der Waals surface area contributed by atoms with Crippen molar-refractivity contribution in [1.29, 1.82) is 0 Å². The SMILES string of the molecule is C=CC[S+]([O-])C1=CC2=C(C(=O)OC)CCN2C1c1ccc[nH]1. The molecule has 2 unspecified atom stereocenters. The van der Waals surface area contributed by atoms with E-state index >= 15 is 0 Å². The topological polar surface area (TPSA) is 68.4 Å². The summed E-state index contributed by atoms with van der Waals surface area (Å²) in [7, 11) is 1.39. The van der Waals surface area contributed by atoms with Gasteiger partial charge in [0.25, 0.3) is 0 Å². The van der Waals surface area contributed by atoms with E-state index in [-0.39, 0.29) is 12.0 Å². The molecule has 0 radical (unpaired) electrons. The third-order valence-corrected chi connectivity index (χ3v) is 5.37. The minimum atomic E-state index is -1.15. The molecule has 0 spiro atoms. The van der Waals surface area contributed by atoms with Crippen molar-refractivity contribution < 1.29 is 14.1 Å². The predicted octanol–water partition coefficient (Wildman–Crippen LogP) is 2.02. The highest BCUT2D eigenvalue weighted by Crippen LogP contribution is 2.45. The number of ether oxygens (including phenoxy) is 1. The number of esters is 1. The molecule has 0 bridgehead atoms. The quantitative estimate of drug-likeness (QED) is 0.512. The van der Waals surface area contributed by atoms with E-state index in [9.17, 15) is 9.35 Å². The molecule has 2 aliphatic heterocycles. The van der Waals surface area contributed by atoms with Crippen molar-refractivity contribution in [2.45, 2.75) is 12.5 Å². The number of aromatic nitrogens is 1. The molecule has 0 aromatic carbocycles. The third kappa shape index (κ3) is 2.38. The van der Waals surface area contributed by atoms with Gasteiger partial charge in [-0.3, -0.25) is 0 Å². The summed E-state index contributed by atoms with van der Waals surface area (Å²) >= 11 is -1.15. The van der Waals surface area contributed by atoms with Crippen molar-refractivity contribution in [2.24, 2.45) is 0 Å². The van der Waals surface area contributed by atoms with Crippen LogP contribution in [0.25, 0.3) is 0 Å². The Morgan fingerprint density at radius 3 is 3.14 bits per heavy atom. The molecular formula is C16H18N2O3S. The van der Waals surface area contributed by atoms with E-state index in [2.05, 4.69) is 16.5 Å². The van der Waals surface area contributed by atoms with E-state index in [1.807, 2.05) is 24.4 Å². The smallest absolute Gasteiger partial charge is 0.335 e. The van der Waals surface area contributed by atoms with Crippen molar-refractivity contribution in [3.05, 3.63) is 58.9 Å². The molecule has 116 valence electrons. The Morgan fingerprint density at radius 1 is 1.68 bits per heavy atom. The number of methoxy groups -OCH3 is 1. The van der Waals surface area contributed by atoms with Crippen LogP contribution in [0.3, 0.4) is 0 Å². The number of carbonyl (C=O) groups excluding carboxylic acids is 1. The second kappa shape index (κ2) is 6.06. The average molecular weight is 318 g/mol. The van der Waals surface area contributed by atoms with Crippen molar-refractivity contribution in [3.8, 4) is 0 Å². The molecular weight excluding hydrogens is 300 g/mol. The van der Waals surface area contributed by atoms with Gasteiger partial charge in [0.05, 0.1) is 18.4 Å². The number of aromatic amines is 1. The van der Waals surface area contributed by atoms with Crippen molar-refractivity contribution in [3.63, 3.8) is 0 Å². The van der Waals surface area contributed by atoms with Gasteiger partial charge < -0.3 is 19.2 Å². The summed E-state index contributed by atoms with van der Waals surface area (Å²) in [6.45, 7) is 4.38. The number of nitrogens with one attached hydrogen (secondary N) is 1. The Balaban J connectivity index is 2.04. The zero-order valence-electron chi connectivity index (χ0n) is 12.4. The van der Waals surface area contributed by atoms with Crippen LogP contribution < -0.4 is 0 Å². The fourth-order valence-corrected chi connectivity index (χ4v) is 4.17. The summed E-state index contributed by atoms with van der Waals surface area (Å²) in [6, 6.07) is 3.78. The number of rotatable bonds is 5. The summed E-state index contributed by atoms with van der Waals surface area (Å²) in [5, 5.41) is 0. The lowest BCUT2D eigenvalue weighted by Crippen LogP contribution is -2.25. The lowest BCUT2D eigenvalue weighted by atomic mass is 10.1. The highest BCUT2D eigenvalue weighted by Gasteiger charge is 2.43. The lowest BCUT2D eigenvalue weighted by molar-refractivity contribution is -0.136. The van der Waals surface area contributed by atoms with Gasteiger partial charge in [0.15, 0.2) is 4.91 Å². The van der Waals surface area contributed by atoms with E-state index in [1.165, 1.54) is 7.11 Å². The third-order valence-electron chi connectivity index (χ3n) is 3.96. The lowest BCUT2D eigenvalue weighted by Gasteiger charge is -2.25. The van der Waals surface area contributed by atoms with Gasteiger partial charge in [0.1, 0.15) is 11.8 Å². The van der Waals surface area contributed by atoms with Crippen LogP contribution in [0.5, 0.6) is 0 Å². The maximum absolute atomic E-state index is 12.5. The zero-order chi connectivity index (χ0) is 15.7. The fourth-order valence-electron chi connectivity index (χ4n) is 3.02. The van der Waals surface area contributed by atoms with Crippen LogP contribution in [0, 0.1) is 0 Å². The molecule has 0 amide bonds. The number of fused-ring (bicyclic) bond motifs is 1. The molecule has 0 aliphatic carbocycles. The molecule has 1 N–H and O–H groups in total. The second-order valence-corrected chi connectivity index (χ2v) is 6.67. The number of nitrogens with zero attached hydrogens (tertiary/aromatic N) is 1. The van der Waals surface area contributed by atoms with Gasteiger partial charge in [0.2, 0.25) is 0 Å². The number of hydrogen-bond donors (Lipinski definition) is 1. The van der Waals surface area contributed by atoms with Crippen molar-refractivity contribution in [2.75, 3.05) is 19.4 Å². The van der Waals surface area contributed by atoms with Crippen LogP contribution in [0.15, 0.2) is 53.2 Å². The largest absolute Gasteiger partial charge is 0.611 e. The fraction of sp³-hybridized carbons (Fsp3) is 0.312. The van der Waals surface area contributed by atoms with E-state index in [0.717, 1.165) is 22.8 Å². The van der Waals surface area contributed by atoms with E-state index in [0.29, 0.717) is 17.7 Å². The van der Waals surface area contributed by atoms with Gasteiger partial charge in [-0.25, -0.2) is 4.79 Å². The first kappa shape index (κ1) is 15.0. The average Bonchev–Trinajstić information content (AvgIpc) is 3.21. The molecule has 1 aromatic heterocycles. The van der Waals surface area contributed by atoms with Gasteiger partial charge in [-0.05, 0) is 35.8 Å². The van der Waals surface area contributed by atoms with Gasteiger partial charge in [-0.1, -0.05) is 6.58 Å². The summed E-state index contributed by atoms with van der Waals surface area (Å²) in [4.78, 5) is 18.0. The monoisotopic (exact) mass is 318 g/mol. The number of hydrogen-bond acceptors (Lipinski definition) is 4. The maximum Gasteiger partial charge on any atom is 0.335 e. The standard InChI is InChI=1S/C16H18N2O3S/c1-3-9-22(20)14-10-13-11(16(19)21-2)6-8-18(13)15(14)12-5-4-7-17-12/h3-5,7,10,15,17H,1,6,8-9H2,2H3. The number of H-pyrrole nitrogens is 1. The molecule has 2 atom stereocenters. The number of carbonyl (C=O) groups is 1. The molecule has 22 heavy (non-hydrogen) atoms. The van der Waals surface area contributed by atoms with Crippen molar-refractivity contribution >= 4 is 17.1 Å². The Kier molecular flexibility index (Phi) is 4.13. The molecule has 5 nitrogen and oxygen atoms in total. The first-order valence-electron chi connectivity index (χ1n) is 7.09. The summed E-state index contributed by atoms with van der Waals surface area (Å²) in [6.07, 6.45) is 6.03. The summed E-state index contributed by atoms with van der Waals surface area (Å²) in [5.41, 5.74) is 2.47. The minimum absolute atomic E-state index is 0.118. The molecule has 3 rings (SSSR count). The highest BCUT2D eigenvalue weighted by molar-refractivity contribution is 7.95. The zero-order valence-corrected chi connectivity index (χ0v) is 13.2. The summed E-state index contributed by atoms with van der Waals surface area (Å²) < 4.78 is 17.4. The molecule has 6 heteroatoms. The van der Waals surface area contributed by atoms with Gasteiger partial charge in [-0.2, -0.15) is 0 Å². The molecule has 0 fully saturated rings. The van der Waals surface area contributed by atoms with E-state index < -0.39 is 11.2 Å². The summed E-state index contributed by atoms with van der Waals surface area (Å²) in [5.74, 6) is 0.0901. The first-order chi connectivity index (χ1) is 10.7.